The van der Waals surface area contributed by atoms with Gasteiger partial charge in [-0.2, -0.15) is 0 Å². The van der Waals surface area contributed by atoms with Crippen molar-refractivity contribution in [2.75, 3.05) is 57.3 Å². The van der Waals surface area contributed by atoms with Crippen LogP contribution in [-0.2, 0) is 0 Å². The number of hydrogen-bond acceptors (Lipinski definition) is 5. The summed E-state index contributed by atoms with van der Waals surface area (Å²) in [5.74, 6) is 2.23. The molecule has 28 heavy (non-hydrogen) atoms. The van der Waals surface area contributed by atoms with E-state index in [0.717, 1.165) is 58.2 Å². The molecule has 6 heteroatoms. The minimum Gasteiger partial charge on any atom is -0.354 e. The summed E-state index contributed by atoms with van der Waals surface area (Å²) in [6.07, 6.45) is 2.89. The molecule has 2 fully saturated rings. The van der Waals surface area contributed by atoms with Crippen LogP contribution in [0.15, 0.2) is 18.3 Å². The molecule has 1 amide bonds. The van der Waals surface area contributed by atoms with Crippen LogP contribution in [0.3, 0.4) is 0 Å². The highest BCUT2D eigenvalue weighted by Crippen LogP contribution is 2.18. The molecule has 1 atom stereocenters. The van der Waals surface area contributed by atoms with E-state index in [9.17, 15) is 4.79 Å². The van der Waals surface area contributed by atoms with Crippen molar-refractivity contribution in [2.45, 2.75) is 40.2 Å². The summed E-state index contributed by atoms with van der Waals surface area (Å²) < 4.78 is 0. The SMILES string of the molecule is CC(C)CN1CC[C@@H](CNC(=O)c2ccc(N3CCN(C(C)C)CC3)nc2)C1. The molecule has 0 spiro atoms. The Bertz CT molecular complexity index is 622. The van der Waals surface area contributed by atoms with Crippen LogP contribution in [0, 0.1) is 11.8 Å². The first-order valence-electron chi connectivity index (χ1n) is 10.9. The Morgan fingerprint density at radius 3 is 2.50 bits per heavy atom. The lowest BCUT2D eigenvalue weighted by Gasteiger charge is -2.37. The molecule has 3 rings (SSSR count). The number of carbonyl (C=O) groups excluding carboxylic acids is 1. The van der Waals surface area contributed by atoms with Gasteiger partial charge in [-0.05, 0) is 50.8 Å². The van der Waals surface area contributed by atoms with Gasteiger partial charge in [0.1, 0.15) is 5.82 Å². The Morgan fingerprint density at radius 1 is 1.14 bits per heavy atom. The molecular weight excluding hydrogens is 350 g/mol. The number of aromatic nitrogens is 1. The maximum absolute atomic E-state index is 12.5. The fraction of sp³-hybridized carbons (Fsp3) is 0.727. The second-order valence-electron chi connectivity index (χ2n) is 9.04. The predicted octanol–water partition coefficient (Wildman–Crippen LogP) is 2.32. The normalized spacial score (nSPS) is 21.6. The van der Waals surface area contributed by atoms with Crippen LogP contribution < -0.4 is 10.2 Å². The summed E-state index contributed by atoms with van der Waals surface area (Å²) in [4.78, 5) is 24.3. The highest BCUT2D eigenvalue weighted by Gasteiger charge is 2.23. The quantitative estimate of drug-likeness (QED) is 0.778. The number of nitrogens with zero attached hydrogens (tertiary/aromatic N) is 4. The Labute approximate surface area is 170 Å². The van der Waals surface area contributed by atoms with Gasteiger partial charge in [0.25, 0.3) is 5.91 Å². The molecule has 2 aliphatic rings. The summed E-state index contributed by atoms with van der Waals surface area (Å²) in [5.41, 5.74) is 0.654. The van der Waals surface area contributed by atoms with Crippen LogP contribution in [0.5, 0.6) is 0 Å². The van der Waals surface area contributed by atoms with Gasteiger partial charge in [-0.1, -0.05) is 13.8 Å². The number of likely N-dealkylation sites (tertiary alicyclic amines) is 1. The van der Waals surface area contributed by atoms with Crippen LogP contribution in [-0.4, -0.2) is 79.1 Å². The van der Waals surface area contributed by atoms with E-state index in [1.54, 1.807) is 6.20 Å². The lowest BCUT2D eigenvalue weighted by Crippen LogP contribution is -2.49. The van der Waals surface area contributed by atoms with E-state index in [2.05, 4.69) is 52.7 Å². The number of piperazine rings is 1. The smallest absolute Gasteiger partial charge is 0.252 e. The zero-order chi connectivity index (χ0) is 20.1. The molecule has 0 bridgehead atoms. The fourth-order valence-corrected chi connectivity index (χ4v) is 4.28. The molecule has 1 aromatic heterocycles. The van der Waals surface area contributed by atoms with Crippen molar-refractivity contribution in [2.24, 2.45) is 11.8 Å². The summed E-state index contributed by atoms with van der Waals surface area (Å²) >= 11 is 0. The predicted molar refractivity (Wildman–Crippen MR) is 115 cm³/mol. The first kappa shape index (κ1) is 21.1. The van der Waals surface area contributed by atoms with E-state index in [1.165, 1.54) is 6.42 Å². The monoisotopic (exact) mass is 387 g/mol. The molecule has 156 valence electrons. The maximum atomic E-state index is 12.5. The van der Waals surface area contributed by atoms with Crippen molar-refractivity contribution in [1.82, 2.24) is 20.1 Å². The van der Waals surface area contributed by atoms with Gasteiger partial charge in [-0.25, -0.2) is 4.98 Å². The van der Waals surface area contributed by atoms with Gasteiger partial charge in [0.05, 0.1) is 5.56 Å². The van der Waals surface area contributed by atoms with Crippen molar-refractivity contribution in [3.8, 4) is 0 Å². The second kappa shape index (κ2) is 9.70. The number of pyridine rings is 1. The Hall–Kier alpha value is -1.66. The zero-order valence-electron chi connectivity index (χ0n) is 18.0. The van der Waals surface area contributed by atoms with Crippen LogP contribution in [0.1, 0.15) is 44.5 Å². The van der Waals surface area contributed by atoms with Crippen LogP contribution in [0.4, 0.5) is 5.82 Å². The molecule has 0 saturated carbocycles. The molecule has 2 aliphatic heterocycles. The van der Waals surface area contributed by atoms with E-state index in [4.69, 9.17) is 0 Å². The van der Waals surface area contributed by atoms with Gasteiger partial charge in [0.2, 0.25) is 0 Å². The van der Waals surface area contributed by atoms with E-state index in [1.807, 2.05) is 12.1 Å². The molecule has 6 nitrogen and oxygen atoms in total. The van der Waals surface area contributed by atoms with Crippen molar-refractivity contribution in [1.29, 1.82) is 0 Å². The van der Waals surface area contributed by atoms with Gasteiger partial charge >= 0.3 is 0 Å². The summed E-state index contributed by atoms with van der Waals surface area (Å²) in [6, 6.07) is 4.49. The molecule has 0 aromatic carbocycles. The average molecular weight is 388 g/mol. The maximum Gasteiger partial charge on any atom is 0.252 e. The number of carbonyl (C=O) groups is 1. The van der Waals surface area contributed by atoms with Gasteiger partial charge in [0, 0.05) is 58.1 Å². The molecular formula is C22H37N5O. The number of rotatable bonds is 7. The van der Waals surface area contributed by atoms with Gasteiger partial charge in [-0.3, -0.25) is 9.69 Å². The number of hydrogen-bond donors (Lipinski definition) is 1. The third kappa shape index (κ3) is 5.67. The summed E-state index contributed by atoms with van der Waals surface area (Å²) in [5, 5.41) is 3.11. The topological polar surface area (TPSA) is 51.7 Å². The molecule has 1 aromatic rings. The van der Waals surface area contributed by atoms with E-state index in [-0.39, 0.29) is 5.91 Å². The van der Waals surface area contributed by atoms with E-state index >= 15 is 0 Å². The lowest BCUT2D eigenvalue weighted by atomic mass is 10.1. The van der Waals surface area contributed by atoms with Gasteiger partial charge < -0.3 is 15.1 Å². The molecule has 2 saturated heterocycles. The molecule has 0 unspecified atom stereocenters. The minimum atomic E-state index is -0.00835. The molecule has 0 aliphatic carbocycles. The molecule has 0 radical (unpaired) electrons. The fourth-order valence-electron chi connectivity index (χ4n) is 4.28. The second-order valence-corrected chi connectivity index (χ2v) is 9.04. The minimum absolute atomic E-state index is 0.00835. The van der Waals surface area contributed by atoms with Crippen molar-refractivity contribution in [3.05, 3.63) is 23.9 Å². The van der Waals surface area contributed by atoms with E-state index in [0.29, 0.717) is 23.4 Å². The van der Waals surface area contributed by atoms with Gasteiger partial charge in [0.15, 0.2) is 0 Å². The highest BCUT2D eigenvalue weighted by atomic mass is 16.1. The van der Waals surface area contributed by atoms with E-state index < -0.39 is 0 Å². The number of nitrogens with one attached hydrogen (secondary N) is 1. The third-order valence-electron chi connectivity index (χ3n) is 5.92. The summed E-state index contributed by atoms with van der Waals surface area (Å²) in [6.45, 7) is 17.3. The van der Waals surface area contributed by atoms with Gasteiger partial charge in [-0.15, -0.1) is 0 Å². The highest BCUT2D eigenvalue weighted by molar-refractivity contribution is 5.94. The first-order valence-corrected chi connectivity index (χ1v) is 10.9. The van der Waals surface area contributed by atoms with Crippen LogP contribution >= 0.6 is 0 Å². The Morgan fingerprint density at radius 2 is 1.89 bits per heavy atom. The Kier molecular flexibility index (Phi) is 7.30. The number of amides is 1. The lowest BCUT2D eigenvalue weighted by molar-refractivity contribution is 0.0947. The molecule has 3 heterocycles. The molecule has 1 N–H and O–H groups in total. The van der Waals surface area contributed by atoms with Crippen molar-refractivity contribution >= 4 is 11.7 Å². The Balaban J connectivity index is 1.44. The van der Waals surface area contributed by atoms with Crippen LogP contribution in [0.2, 0.25) is 0 Å². The summed E-state index contributed by atoms with van der Waals surface area (Å²) in [7, 11) is 0. The average Bonchev–Trinajstić information content (AvgIpc) is 3.13. The third-order valence-corrected chi connectivity index (χ3v) is 5.92. The first-order chi connectivity index (χ1) is 13.4. The largest absolute Gasteiger partial charge is 0.354 e. The standard InChI is InChI=1S/C22H37N5O/c1-17(2)15-25-8-7-19(16-25)13-24-22(28)20-5-6-21(23-14-20)27-11-9-26(10-12-27)18(3)4/h5-6,14,17-19H,7-13,15-16H2,1-4H3,(H,24,28)/t19-/m0/s1. The number of anilines is 1. The van der Waals surface area contributed by atoms with Crippen molar-refractivity contribution in [3.63, 3.8) is 0 Å². The van der Waals surface area contributed by atoms with Crippen molar-refractivity contribution < 1.29 is 4.79 Å². The van der Waals surface area contributed by atoms with Crippen LogP contribution in [0.25, 0.3) is 0 Å². The zero-order valence-corrected chi connectivity index (χ0v) is 18.0.